The van der Waals surface area contributed by atoms with Crippen molar-refractivity contribution in [2.24, 2.45) is 0 Å². The van der Waals surface area contributed by atoms with Gasteiger partial charge in [-0.25, -0.2) is 4.79 Å². The average molecular weight is 525 g/mol. The number of rotatable bonds is 9. The number of hydrogen-bond donors (Lipinski definition) is 3. The van der Waals surface area contributed by atoms with Gasteiger partial charge in [-0.15, -0.1) is 0 Å². The van der Waals surface area contributed by atoms with Gasteiger partial charge in [-0.1, -0.05) is 29.3 Å². The molecule has 1 aliphatic heterocycles. The SMILES string of the molecule is COC(=O)[C@H](CNC(=O)CNC1CCOc2ccc([N+](=O)[O-])cc21)NC(=O)c1c(Cl)cccc1Cl. The molecule has 0 spiro atoms. The third-order valence-electron chi connectivity index (χ3n) is 5.24. The van der Waals surface area contributed by atoms with Gasteiger partial charge in [-0.2, -0.15) is 0 Å². The molecule has 0 saturated heterocycles. The van der Waals surface area contributed by atoms with Crippen molar-refractivity contribution in [2.75, 3.05) is 26.8 Å². The molecule has 2 aromatic carbocycles. The van der Waals surface area contributed by atoms with Gasteiger partial charge in [0.05, 0.1) is 40.8 Å². The summed E-state index contributed by atoms with van der Waals surface area (Å²) < 4.78 is 10.2. The molecular formula is C22H22Cl2N4O7. The van der Waals surface area contributed by atoms with Crippen LogP contribution >= 0.6 is 23.2 Å². The number of carbonyl (C=O) groups is 3. The molecule has 13 heteroatoms. The fraction of sp³-hybridized carbons (Fsp3) is 0.318. The molecule has 3 rings (SSSR count). The van der Waals surface area contributed by atoms with E-state index in [-0.39, 0.29) is 40.4 Å². The highest BCUT2D eigenvalue weighted by molar-refractivity contribution is 6.39. The Labute approximate surface area is 210 Å². The van der Waals surface area contributed by atoms with Crippen LogP contribution in [0.3, 0.4) is 0 Å². The van der Waals surface area contributed by atoms with Crippen LogP contribution in [0.15, 0.2) is 36.4 Å². The lowest BCUT2D eigenvalue weighted by Crippen LogP contribution is -2.50. The van der Waals surface area contributed by atoms with Gasteiger partial charge in [0.25, 0.3) is 11.6 Å². The van der Waals surface area contributed by atoms with Gasteiger partial charge >= 0.3 is 5.97 Å². The van der Waals surface area contributed by atoms with E-state index in [0.29, 0.717) is 24.3 Å². The second kappa shape index (κ2) is 11.8. The zero-order chi connectivity index (χ0) is 25.5. The Kier molecular flexibility index (Phi) is 8.85. The Hall–Kier alpha value is -3.41. The molecule has 186 valence electrons. The van der Waals surface area contributed by atoms with Crippen LogP contribution in [0, 0.1) is 10.1 Å². The summed E-state index contributed by atoms with van der Waals surface area (Å²) in [5.74, 6) is -1.45. The monoisotopic (exact) mass is 524 g/mol. The summed E-state index contributed by atoms with van der Waals surface area (Å²) in [7, 11) is 1.15. The Morgan fingerprint density at radius 3 is 2.60 bits per heavy atom. The van der Waals surface area contributed by atoms with Gasteiger partial charge in [0.2, 0.25) is 5.91 Å². The molecule has 0 aliphatic carbocycles. The number of nitrogens with zero attached hydrogens (tertiary/aromatic N) is 1. The summed E-state index contributed by atoms with van der Waals surface area (Å²) in [6.45, 7) is -0.0209. The summed E-state index contributed by atoms with van der Waals surface area (Å²) in [5.41, 5.74) is 0.486. The quantitative estimate of drug-likeness (QED) is 0.257. The summed E-state index contributed by atoms with van der Waals surface area (Å²) in [6.07, 6.45) is 0.501. The Morgan fingerprint density at radius 1 is 1.23 bits per heavy atom. The van der Waals surface area contributed by atoms with Crippen molar-refractivity contribution in [2.45, 2.75) is 18.5 Å². The molecule has 0 bridgehead atoms. The predicted molar refractivity (Wildman–Crippen MR) is 127 cm³/mol. The molecule has 0 saturated carbocycles. The van der Waals surface area contributed by atoms with E-state index < -0.39 is 28.7 Å². The largest absolute Gasteiger partial charge is 0.493 e. The van der Waals surface area contributed by atoms with Crippen molar-refractivity contribution in [3.05, 3.63) is 67.7 Å². The first-order valence-electron chi connectivity index (χ1n) is 10.4. The van der Waals surface area contributed by atoms with Gasteiger partial charge in [-0.05, 0) is 18.2 Å². The highest BCUT2D eigenvalue weighted by Crippen LogP contribution is 2.34. The minimum atomic E-state index is -1.20. The number of benzene rings is 2. The summed E-state index contributed by atoms with van der Waals surface area (Å²) in [5, 5.41) is 19.3. The number of methoxy groups -OCH3 is 1. The van der Waals surface area contributed by atoms with E-state index in [1.807, 2.05) is 0 Å². The molecule has 2 atom stereocenters. The number of halogens is 2. The minimum absolute atomic E-state index is 0.00925. The van der Waals surface area contributed by atoms with Crippen molar-refractivity contribution >= 4 is 46.7 Å². The Bertz CT molecular complexity index is 1120. The summed E-state index contributed by atoms with van der Waals surface area (Å²) >= 11 is 12.1. The lowest BCUT2D eigenvalue weighted by Gasteiger charge is -2.26. The first-order chi connectivity index (χ1) is 16.7. The van der Waals surface area contributed by atoms with Crippen molar-refractivity contribution < 1.29 is 28.8 Å². The van der Waals surface area contributed by atoms with Crippen molar-refractivity contribution in [1.82, 2.24) is 16.0 Å². The van der Waals surface area contributed by atoms with Crippen molar-refractivity contribution in [3.8, 4) is 5.75 Å². The molecular weight excluding hydrogens is 503 g/mol. The van der Waals surface area contributed by atoms with E-state index in [9.17, 15) is 24.5 Å². The zero-order valence-corrected chi connectivity index (χ0v) is 20.0. The van der Waals surface area contributed by atoms with Gasteiger partial charge in [0.1, 0.15) is 11.8 Å². The van der Waals surface area contributed by atoms with Crippen LogP contribution in [-0.4, -0.2) is 55.6 Å². The molecule has 2 amide bonds. The van der Waals surface area contributed by atoms with Crippen LogP contribution in [0.1, 0.15) is 28.4 Å². The van der Waals surface area contributed by atoms with Gasteiger partial charge < -0.3 is 25.4 Å². The van der Waals surface area contributed by atoms with Crippen LogP contribution in [0.4, 0.5) is 5.69 Å². The van der Waals surface area contributed by atoms with Crippen LogP contribution in [-0.2, 0) is 14.3 Å². The molecule has 0 aromatic heterocycles. The normalized spacial score (nSPS) is 15.2. The highest BCUT2D eigenvalue weighted by Gasteiger charge is 2.27. The smallest absolute Gasteiger partial charge is 0.330 e. The lowest BCUT2D eigenvalue weighted by atomic mass is 10.00. The van der Waals surface area contributed by atoms with E-state index in [1.165, 1.54) is 30.3 Å². The number of nitro groups is 1. The van der Waals surface area contributed by atoms with E-state index in [1.54, 1.807) is 6.07 Å². The Morgan fingerprint density at radius 2 is 1.94 bits per heavy atom. The number of nitro benzene ring substituents is 1. The molecule has 1 heterocycles. The number of non-ortho nitro benzene ring substituents is 1. The van der Waals surface area contributed by atoms with E-state index in [0.717, 1.165) is 7.11 Å². The molecule has 35 heavy (non-hydrogen) atoms. The van der Waals surface area contributed by atoms with Crippen LogP contribution in [0.2, 0.25) is 10.0 Å². The maximum absolute atomic E-state index is 12.6. The number of nitrogens with one attached hydrogen (secondary N) is 3. The van der Waals surface area contributed by atoms with Gasteiger partial charge in [0.15, 0.2) is 0 Å². The number of fused-ring (bicyclic) bond motifs is 1. The van der Waals surface area contributed by atoms with E-state index >= 15 is 0 Å². The van der Waals surface area contributed by atoms with Crippen molar-refractivity contribution in [1.29, 1.82) is 0 Å². The number of hydrogen-bond acceptors (Lipinski definition) is 8. The molecule has 1 unspecified atom stereocenters. The van der Waals surface area contributed by atoms with Crippen LogP contribution in [0.25, 0.3) is 0 Å². The first kappa shape index (κ1) is 26.2. The maximum atomic E-state index is 12.6. The summed E-state index contributed by atoms with van der Waals surface area (Å²) in [4.78, 5) is 47.8. The fourth-order valence-electron chi connectivity index (χ4n) is 3.48. The van der Waals surface area contributed by atoms with Crippen molar-refractivity contribution in [3.63, 3.8) is 0 Å². The molecule has 0 fully saturated rings. The third kappa shape index (κ3) is 6.59. The number of carbonyl (C=O) groups excluding carboxylic acids is 3. The number of ether oxygens (including phenoxy) is 2. The third-order valence-corrected chi connectivity index (χ3v) is 5.87. The molecule has 2 aromatic rings. The Balaban J connectivity index is 1.59. The second-order valence-corrected chi connectivity index (χ2v) is 8.31. The maximum Gasteiger partial charge on any atom is 0.330 e. The highest BCUT2D eigenvalue weighted by atomic mass is 35.5. The average Bonchev–Trinajstić information content (AvgIpc) is 2.84. The van der Waals surface area contributed by atoms with Gasteiger partial charge in [0, 0.05) is 36.7 Å². The lowest BCUT2D eigenvalue weighted by molar-refractivity contribution is -0.385. The van der Waals surface area contributed by atoms with Crippen LogP contribution < -0.4 is 20.7 Å². The predicted octanol–water partition coefficient (Wildman–Crippen LogP) is 2.40. The van der Waals surface area contributed by atoms with Crippen LogP contribution in [0.5, 0.6) is 5.75 Å². The van der Waals surface area contributed by atoms with Gasteiger partial charge in [-0.3, -0.25) is 19.7 Å². The number of esters is 1. The minimum Gasteiger partial charge on any atom is -0.493 e. The second-order valence-electron chi connectivity index (χ2n) is 7.50. The first-order valence-corrected chi connectivity index (χ1v) is 11.2. The van der Waals surface area contributed by atoms with E-state index in [2.05, 4.69) is 16.0 Å². The molecule has 1 aliphatic rings. The van der Waals surface area contributed by atoms with E-state index in [4.69, 9.17) is 32.7 Å². The summed E-state index contributed by atoms with van der Waals surface area (Å²) in [6, 6.07) is 7.27. The molecule has 0 radical (unpaired) electrons. The molecule has 3 N–H and O–H groups in total. The topological polar surface area (TPSA) is 149 Å². The molecule has 11 nitrogen and oxygen atoms in total. The number of amides is 2. The zero-order valence-electron chi connectivity index (χ0n) is 18.5. The fourth-order valence-corrected chi connectivity index (χ4v) is 4.05. The standard InChI is InChI=1S/C22H22Cl2N4O7/c1-34-22(31)17(27-21(30)20-14(23)3-2-4-15(20)24)10-26-19(29)11-25-16-7-8-35-18-6-5-12(28(32)33)9-13(16)18/h2-6,9,16-17,25H,7-8,10-11H2,1H3,(H,26,29)(H,27,30)/t16?,17-/m0/s1.